The smallest absolute Gasteiger partial charge is 0.228 e. The van der Waals surface area contributed by atoms with Gasteiger partial charge in [-0.25, -0.2) is 4.98 Å². The Morgan fingerprint density at radius 3 is 2.58 bits per heavy atom. The molecule has 5 nitrogen and oxygen atoms in total. The number of nitrogens with two attached hydrogens (primary N) is 1. The minimum Gasteiger partial charge on any atom is -0.399 e. The lowest BCUT2D eigenvalue weighted by atomic mass is 10.1. The van der Waals surface area contributed by atoms with Crippen molar-refractivity contribution in [1.82, 2.24) is 9.97 Å². The normalized spacial score (nSPS) is 10.0. The zero-order chi connectivity index (χ0) is 16.9. The number of hydrogen-bond acceptors (Lipinski definition) is 3. The van der Waals surface area contributed by atoms with Crippen LogP contribution in [-0.4, -0.2) is 15.9 Å². The number of nitrogens with one attached hydrogen (secondary N) is 2. The number of nitrogen functional groups attached to an aromatic ring is 1. The molecular formula is C19H24Cl2N4O. The average molecular weight is 395 g/mol. The van der Waals surface area contributed by atoms with Gasteiger partial charge >= 0.3 is 0 Å². The number of amides is 1. The summed E-state index contributed by atoms with van der Waals surface area (Å²) < 4.78 is 0. The number of fused-ring (bicyclic) bond motifs is 1. The molecule has 4 N–H and O–H groups in total. The topological polar surface area (TPSA) is 83.8 Å². The number of H-pyrrole nitrogens is 1. The number of carbonyl (C=O) groups is 1. The van der Waals surface area contributed by atoms with Crippen molar-refractivity contribution in [2.45, 2.75) is 32.6 Å². The second kappa shape index (κ2) is 10.0. The zero-order valence-corrected chi connectivity index (χ0v) is 16.3. The summed E-state index contributed by atoms with van der Waals surface area (Å²) in [7, 11) is 0. The van der Waals surface area contributed by atoms with E-state index in [1.54, 1.807) is 12.1 Å². The summed E-state index contributed by atoms with van der Waals surface area (Å²) in [5.74, 6) is 0.946. The van der Waals surface area contributed by atoms with Crippen LogP contribution in [-0.2, 0) is 17.6 Å². The largest absolute Gasteiger partial charge is 0.399 e. The lowest BCUT2D eigenvalue weighted by Crippen LogP contribution is -2.14. The van der Waals surface area contributed by atoms with Crippen molar-refractivity contribution in [1.29, 1.82) is 0 Å². The summed E-state index contributed by atoms with van der Waals surface area (Å²) in [4.78, 5) is 20.1. The molecule has 1 amide bonds. The van der Waals surface area contributed by atoms with E-state index in [0.717, 1.165) is 47.4 Å². The van der Waals surface area contributed by atoms with Crippen LogP contribution in [0.15, 0.2) is 42.5 Å². The minimum atomic E-state index is -0.0511. The van der Waals surface area contributed by atoms with Crippen LogP contribution in [0.5, 0.6) is 0 Å². The van der Waals surface area contributed by atoms with Crippen molar-refractivity contribution in [3.63, 3.8) is 0 Å². The SMILES string of the molecule is CCCCc1nc2ccc(NC(=O)Cc3ccc(N)cc3)cc2[nH]1.Cl.Cl. The van der Waals surface area contributed by atoms with Gasteiger partial charge in [0.2, 0.25) is 5.91 Å². The third-order valence-corrected chi connectivity index (χ3v) is 3.93. The monoisotopic (exact) mass is 394 g/mol. The van der Waals surface area contributed by atoms with Gasteiger partial charge < -0.3 is 16.0 Å². The molecule has 2 aromatic carbocycles. The number of carbonyl (C=O) groups excluding carboxylic acids is 1. The van der Waals surface area contributed by atoms with E-state index in [1.165, 1.54) is 0 Å². The Balaban J connectivity index is 0.00000169. The first-order valence-electron chi connectivity index (χ1n) is 8.27. The fourth-order valence-corrected chi connectivity index (χ4v) is 2.63. The molecule has 1 aromatic heterocycles. The van der Waals surface area contributed by atoms with E-state index in [1.807, 2.05) is 30.3 Å². The number of rotatable bonds is 6. The molecule has 0 aliphatic carbocycles. The van der Waals surface area contributed by atoms with Crippen molar-refractivity contribution >= 4 is 53.1 Å². The first kappa shape index (κ1) is 21.8. The van der Waals surface area contributed by atoms with Gasteiger partial charge in [-0.3, -0.25) is 4.79 Å². The van der Waals surface area contributed by atoms with Gasteiger partial charge in [-0.1, -0.05) is 25.5 Å². The molecule has 0 unspecified atom stereocenters. The molecule has 3 rings (SSSR count). The lowest BCUT2D eigenvalue weighted by molar-refractivity contribution is -0.115. The number of aryl methyl sites for hydroxylation is 1. The van der Waals surface area contributed by atoms with Crippen molar-refractivity contribution in [3.05, 3.63) is 53.9 Å². The number of halogens is 2. The van der Waals surface area contributed by atoms with Crippen molar-refractivity contribution in [3.8, 4) is 0 Å². The molecule has 0 saturated carbocycles. The van der Waals surface area contributed by atoms with Gasteiger partial charge in [-0.2, -0.15) is 0 Å². The predicted molar refractivity (Wildman–Crippen MR) is 112 cm³/mol. The molecule has 0 fully saturated rings. The molecular weight excluding hydrogens is 371 g/mol. The van der Waals surface area contributed by atoms with Crippen LogP contribution >= 0.6 is 24.8 Å². The Labute approximate surface area is 165 Å². The van der Waals surface area contributed by atoms with E-state index in [4.69, 9.17) is 5.73 Å². The number of benzene rings is 2. The minimum absolute atomic E-state index is 0. The molecule has 0 aliphatic heterocycles. The van der Waals surface area contributed by atoms with Gasteiger partial charge in [0.05, 0.1) is 17.5 Å². The number of aromatic amines is 1. The number of hydrogen-bond donors (Lipinski definition) is 3. The molecule has 26 heavy (non-hydrogen) atoms. The van der Waals surface area contributed by atoms with Crippen LogP contribution in [0.25, 0.3) is 11.0 Å². The maximum atomic E-state index is 12.2. The Morgan fingerprint density at radius 1 is 1.15 bits per heavy atom. The third-order valence-electron chi connectivity index (χ3n) is 3.93. The number of nitrogens with zero attached hydrogens (tertiary/aromatic N) is 1. The number of unbranched alkanes of at least 4 members (excludes halogenated alkanes) is 1. The van der Waals surface area contributed by atoms with Gasteiger partial charge in [-0.05, 0) is 42.3 Å². The van der Waals surface area contributed by atoms with Crippen LogP contribution in [0, 0.1) is 0 Å². The summed E-state index contributed by atoms with van der Waals surface area (Å²) in [6.45, 7) is 2.16. The Bertz CT molecular complexity index is 846. The standard InChI is InChI=1S/C19H22N4O.2ClH/c1-2-3-4-18-22-16-10-9-15(12-17(16)23-18)21-19(24)11-13-5-7-14(20)8-6-13;;/h5-10,12H,2-4,11,20H2,1H3,(H,21,24)(H,22,23);2*1H. The molecule has 7 heteroatoms. The molecule has 0 spiro atoms. The first-order valence-corrected chi connectivity index (χ1v) is 8.27. The third kappa shape index (κ3) is 5.64. The highest BCUT2D eigenvalue weighted by atomic mass is 35.5. The maximum Gasteiger partial charge on any atom is 0.228 e. The Morgan fingerprint density at radius 2 is 1.88 bits per heavy atom. The second-order valence-corrected chi connectivity index (χ2v) is 5.99. The summed E-state index contributed by atoms with van der Waals surface area (Å²) in [5, 5.41) is 2.93. The van der Waals surface area contributed by atoms with Gasteiger partial charge in [0.25, 0.3) is 0 Å². The molecule has 0 saturated heterocycles. The van der Waals surface area contributed by atoms with Crippen molar-refractivity contribution < 1.29 is 4.79 Å². The van der Waals surface area contributed by atoms with E-state index in [9.17, 15) is 4.79 Å². The molecule has 0 radical (unpaired) electrons. The molecule has 1 heterocycles. The Hall–Kier alpha value is -2.24. The fourth-order valence-electron chi connectivity index (χ4n) is 2.63. The molecule has 0 atom stereocenters. The number of imidazole rings is 1. The maximum absolute atomic E-state index is 12.2. The van der Waals surface area contributed by atoms with Crippen LogP contribution in [0.1, 0.15) is 31.2 Å². The van der Waals surface area contributed by atoms with E-state index in [-0.39, 0.29) is 30.7 Å². The number of anilines is 2. The summed E-state index contributed by atoms with van der Waals surface area (Å²) in [5.41, 5.74) is 9.94. The van der Waals surface area contributed by atoms with Crippen LogP contribution < -0.4 is 11.1 Å². The molecule has 3 aromatic rings. The highest BCUT2D eigenvalue weighted by molar-refractivity contribution is 5.94. The van der Waals surface area contributed by atoms with E-state index >= 15 is 0 Å². The van der Waals surface area contributed by atoms with Crippen molar-refractivity contribution in [2.75, 3.05) is 11.1 Å². The predicted octanol–water partition coefficient (Wildman–Crippen LogP) is 4.51. The van der Waals surface area contributed by atoms with Gasteiger partial charge in [0.15, 0.2) is 0 Å². The fraction of sp³-hybridized carbons (Fsp3) is 0.263. The average Bonchev–Trinajstić information content (AvgIpc) is 2.97. The second-order valence-electron chi connectivity index (χ2n) is 5.99. The highest BCUT2D eigenvalue weighted by Crippen LogP contribution is 2.18. The summed E-state index contributed by atoms with van der Waals surface area (Å²) in [6, 6.07) is 13.1. The summed E-state index contributed by atoms with van der Waals surface area (Å²) >= 11 is 0. The van der Waals surface area contributed by atoms with Gasteiger partial charge in [0, 0.05) is 17.8 Å². The van der Waals surface area contributed by atoms with Crippen LogP contribution in [0.2, 0.25) is 0 Å². The quantitative estimate of drug-likeness (QED) is 0.537. The summed E-state index contributed by atoms with van der Waals surface area (Å²) in [6.07, 6.45) is 3.53. The van der Waals surface area contributed by atoms with E-state index in [2.05, 4.69) is 22.2 Å². The molecule has 0 bridgehead atoms. The zero-order valence-electron chi connectivity index (χ0n) is 14.6. The van der Waals surface area contributed by atoms with Gasteiger partial charge in [0.1, 0.15) is 5.82 Å². The lowest BCUT2D eigenvalue weighted by Gasteiger charge is -2.05. The molecule has 140 valence electrons. The van der Waals surface area contributed by atoms with E-state index < -0.39 is 0 Å². The van der Waals surface area contributed by atoms with Crippen LogP contribution in [0.4, 0.5) is 11.4 Å². The molecule has 0 aliphatic rings. The first-order chi connectivity index (χ1) is 11.6. The van der Waals surface area contributed by atoms with Crippen molar-refractivity contribution in [2.24, 2.45) is 0 Å². The van der Waals surface area contributed by atoms with E-state index in [0.29, 0.717) is 12.1 Å². The van der Waals surface area contributed by atoms with Gasteiger partial charge in [-0.15, -0.1) is 24.8 Å². The van der Waals surface area contributed by atoms with Crippen LogP contribution in [0.3, 0.4) is 0 Å². The number of aromatic nitrogens is 2. The Kier molecular flexibility index (Phi) is 8.42. The highest BCUT2D eigenvalue weighted by Gasteiger charge is 2.07.